The van der Waals surface area contributed by atoms with E-state index in [1.54, 1.807) is 30.7 Å². The second-order valence-electron chi connectivity index (χ2n) is 7.68. The van der Waals surface area contributed by atoms with E-state index in [1.165, 1.54) is 12.7 Å². The minimum Gasteiger partial charge on any atom is -0.487 e. The highest BCUT2D eigenvalue weighted by Crippen LogP contribution is 2.16. The maximum Gasteiger partial charge on any atom is 0.337 e. The summed E-state index contributed by atoms with van der Waals surface area (Å²) in [4.78, 5) is 15.9. The lowest BCUT2D eigenvalue weighted by atomic mass is 10.1. The molecule has 8 heteroatoms. The van der Waals surface area contributed by atoms with Crippen LogP contribution in [0.25, 0.3) is 12.2 Å². The molecule has 0 aliphatic rings. The maximum absolute atomic E-state index is 11.5. The number of hydrogen-bond acceptors (Lipinski definition) is 7. The third-order valence-corrected chi connectivity index (χ3v) is 5.20. The third-order valence-electron chi connectivity index (χ3n) is 5.20. The van der Waals surface area contributed by atoms with Gasteiger partial charge in [0.2, 0.25) is 5.89 Å². The zero-order valence-electron chi connectivity index (χ0n) is 19.0. The minimum absolute atomic E-state index is 0.322. The predicted octanol–water partition coefficient (Wildman–Crippen LogP) is 4.83. The normalized spacial score (nSPS) is 11.1. The summed E-state index contributed by atoms with van der Waals surface area (Å²) in [7, 11) is 1.36. The van der Waals surface area contributed by atoms with Gasteiger partial charge in [0.25, 0.3) is 0 Å². The summed E-state index contributed by atoms with van der Waals surface area (Å²) in [5.41, 5.74) is 3.41. The molecule has 0 N–H and O–H groups in total. The van der Waals surface area contributed by atoms with Gasteiger partial charge in [-0.2, -0.15) is 0 Å². The second-order valence-corrected chi connectivity index (χ2v) is 7.68. The fourth-order valence-corrected chi connectivity index (χ4v) is 3.35. The number of aryl methyl sites for hydroxylation is 2. The van der Waals surface area contributed by atoms with Crippen molar-refractivity contribution in [2.75, 3.05) is 7.11 Å². The summed E-state index contributed by atoms with van der Waals surface area (Å²) < 4.78 is 17.9. The number of esters is 1. The Kier molecular flexibility index (Phi) is 7.84. The van der Waals surface area contributed by atoms with Crippen LogP contribution in [0.5, 0.6) is 5.75 Å². The Morgan fingerprint density at radius 2 is 1.88 bits per heavy atom. The number of carbonyl (C=O) groups excluding carboxylic acids is 1. The van der Waals surface area contributed by atoms with Crippen LogP contribution in [0.3, 0.4) is 0 Å². The van der Waals surface area contributed by atoms with E-state index in [2.05, 4.69) is 27.4 Å². The number of nitrogens with zero attached hydrogens (tertiary/aromatic N) is 4. The molecule has 0 radical (unpaired) electrons. The van der Waals surface area contributed by atoms with E-state index in [-0.39, 0.29) is 5.97 Å². The van der Waals surface area contributed by atoms with Crippen molar-refractivity contribution in [3.8, 4) is 5.75 Å². The molecule has 2 aromatic carbocycles. The zero-order valence-corrected chi connectivity index (χ0v) is 19.0. The molecule has 0 saturated heterocycles. The largest absolute Gasteiger partial charge is 0.487 e. The molecule has 0 aliphatic carbocycles. The fourth-order valence-electron chi connectivity index (χ4n) is 3.35. The number of oxazole rings is 1. The van der Waals surface area contributed by atoms with Gasteiger partial charge in [-0.1, -0.05) is 29.5 Å². The van der Waals surface area contributed by atoms with E-state index in [0.29, 0.717) is 23.8 Å². The molecule has 8 nitrogen and oxygen atoms in total. The lowest BCUT2D eigenvalue weighted by Crippen LogP contribution is -2.00. The second kappa shape index (κ2) is 11.6. The minimum atomic E-state index is -0.359. The van der Waals surface area contributed by atoms with Crippen LogP contribution in [0.1, 0.15) is 45.9 Å². The van der Waals surface area contributed by atoms with Crippen molar-refractivity contribution in [2.24, 2.45) is 0 Å². The van der Waals surface area contributed by atoms with Crippen molar-refractivity contribution in [1.29, 1.82) is 0 Å². The SMILES string of the molecule is COC(=O)c1ccc(/C=C/c2nc(COc3ccc(CCCCn4ccnn4)cc3)co2)cc1. The summed E-state index contributed by atoms with van der Waals surface area (Å²) in [5.74, 6) is 0.913. The van der Waals surface area contributed by atoms with Crippen molar-refractivity contribution in [1.82, 2.24) is 20.0 Å². The van der Waals surface area contributed by atoms with Gasteiger partial charge >= 0.3 is 5.97 Å². The molecular formula is C26H26N4O4. The van der Waals surface area contributed by atoms with Crippen LogP contribution in [0.2, 0.25) is 0 Å². The Morgan fingerprint density at radius 3 is 2.62 bits per heavy atom. The Hall–Kier alpha value is -4.20. The molecule has 0 aliphatic heterocycles. The average Bonchev–Trinajstić information content (AvgIpc) is 3.57. The van der Waals surface area contributed by atoms with E-state index in [1.807, 2.05) is 41.2 Å². The number of unbranched alkanes of at least 4 members (excludes halogenated alkanes) is 1. The van der Waals surface area contributed by atoms with Gasteiger partial charge < -0.3 is 13.9 Å². The predicted molar refractivity (Wildman–Crippen MR) is 127 cm³/mol. The van der Waals surface area contributed by atoms with Gasteiger partial charge in [-0.25, -0.2) is 9.78 Å². The first-order chi connectivity index (χ1) is 16.7. The van der Waals surface area contributed by atoms with E-state index in [0.717, 1.165) is 37.1 Å². The first-order valence-electron chi connectivity index (χ1n) is 11.1. The monoisotopic (exact) mass is 458 g/mol. The molecule has 2 aromatic heterocycles. The molecule has 4 aromatic rings. The van der Waals surface area contributed by atoms with E-state index >= 15 is 0 Å². The molecule has 0 spiro atoms. The van der Waals surface area contributed by atoms with Crippen LogP contribution >= 0.6 is 0 Å². The molecule has 0 atom stereocenters. The fraction of sp³-hybridized carbons (Fsp3) is 0.231. The molecule has 0 fully saturated rings. The van der Waals surface area contributed by atoms with Crippen LogP contribution in [-0.4, -0.2) is 33.1 Å². The van der Waals surface area contributed by atoms with E-state index in [9.17, 15) is 4.79 Å². The highest BCUT2D eigenvalue weighted by atomic mass is 16.5. The number of aromatic nitrogens is 4. The molecule has 4 rings (SSSR count). The van der Waals surface area contributed by atoms with E-state index < -0.39 is 0 Å². The number of carbonyl (C=O) groups is 1. The Labute approximate surface area is 197 Å². The van der Waals surface area contributed by atoms with Gasteiger partial charge in [0.05, 0.1) is 18.9 Å². The van der Waals surface area contributed by atoms with Gasteiger partial charge in [-0.05, 0) is 60.7 Å². The number of hydrogen-bond donors (Lipinski definition) is 0. The summed E-state index contributed by atoms with van der Waals surface area (Å²) >= 11 is 0. The van der Waals surface area contributed by atoms with Crippen LogP contribution in [-0.2, 0) is 24.3 Å². The van der Waals surface area contributed by atoms with Crippen molar-refractivity contribution >= 4 is 18.1 Å². The summed E-state index contributed by atoms with van der Waals surface area (Å²) in [5, 5.41) is 7.79. The van der Waals surface area contributed by atoms with Gasteiger partial charge in [-0.3, -0.25) is 4.68 Å². The molecule has 34 heavy (non-hydrogen) atoms. The molecule has 0 amide bonds. The Balaban J connectivity index is 1.21. The number of benzene rings is 2. The summed E-state index contributed by atoms with van der Waals surface area (Å²) in [6, 6.07) is 15.2. The van der Waals surface area contributed by atoms with Crippen molar-refractivity contribution in [3.05, 3.63) is 95.5 Å². The first-order valence-corrected chi connectivity index (χ1v) is 11.1. The molecule has 174 valence electrons. The van der Waals surface area contributed by atoms with Crippen LogP contribution in [0.4, 0.5) is 0 Å². The Morgan fingerprint density at radius 1 is 1.06 bits per heavy atom. The van der Waals surface area contributed by atoms with Crippen molar-refractivity contribution in [3.63, 3.8) is 0 Å². The maximum atomic E-state index is 11.5. The lowest BCUT2D eigenvalue weighted by molar-refractivity contribution is 0.0600. The van der Waals surface area contributed by atoms with Crippen LogP contribution in [0.15, 0.2) is 71.6 Å². The van der Waals surface area contributed by atoms with Crippen molar-refractivity contribution < 1.29 is 18.7 Å². The molecule has 0 unspecified atom stereocenters. The molecule has 0 bridgehead atoms. The van der Waals surface area contributed by atoms with Crippen LogP contribution in [0, 0.1) is 0 Å². The van der Waals surface area contributed by atoms with E-state index in [4.69, 9.17) is 13.9 Å². The molecule has 2 heterocycles. The van der Waals surface area contributed by atoms with Crippen molar-refractivity contribution in [2.45, 2.75) is 32.4 Å². The highest BCUT2D eigenvalue weighted by Gasteiger charge is 2.05. The highest BCUT2D eigenvalue weighted by molar-refractivity contribution is 5.89. The molecule has 0 saturated carbocycles. The Bertz CT molecular complexity index is 1200. The summed E-state index contributed by atoms with van der Waals surface area (Å²) in [6.07, 6.45) is 12.0. The lowest BCUT2D eigenvalue weighted by Gasteiger charge is -2.06. The standard InChI is InChI=1S/C26H26N4O4/c1-32-26(31)22-10-5-21(6-11-22)9-14-25-28-23(19-34-25)18-33-24-12-7-20(8-13-24)4-2-3-16-30-17-15-27-29-30/h5-15,17,19H,2-4,16,18H2,1H3/b14-9+. The van der Waals surface area contributed by atoms with Crippen LogP contribution < -0.4 is 4.74 Å². The van der Waals surface area contributed by atoms with Gasteiger partial charge in [0.1, 0.15) is 24.3 Å². The average molecular weight is 459 g/mol. The summed E-state index contributed by atoms with van der Waals surface area (Å²) in [6.45, 7) is 1.21. The smallest absolute Gasteiger partial charge is 0.337 e. The quantitative estimate of drug-likeness (QED) is 0.235. The first kappa shape index (κ1) is 23.0. The zero-order chi connectivity index (χ0) is 23.6. The molecular weight excluding hydrogens is 432 g/mol. The topological polar surface area (TPSA) is 92.3 Å². The van der Waals surface area contributed by atoms with Gasteiger partial charge in [0.15, 0.2) is 0 Å². The number of ether oxygens (including phenoxy) is 2. The number of methoxy groups -OCH3 is 1. The third kappa shape index (κ3) is 6.65. The van der Waals surface area contributed by atoms with Gasteiger partial charge in [0, 0.05) is 18.8 Å². The van der Waals surface area contributed by atoms with Gasteiger partial charge in [-0.15, -0.1) is 5.10 Å². The number of rotatable bonds is 11.